The first-order valence-corrected chi connectivity index (χ1v) is 27.4. The monoisotopic (exact) mass is 852 g/mol. The molecule has 1 amide bonds. The normalized spacial score (nSPS) is 13.8. The lowest BCUT2D eigenvalue weighted by Crippen LogP contribution is -2.53. The van der Waals surface area contributed by atoms with E-state index in [0.717, 1.165) is 38.5 Å². The summed E-state index contributed by atoms with van der Waals surface area (Å²) in [6.07, 6.45) is 55.9. The Kier molecular flexibility index (Phi) is 48.8. The fourth-order valence-corrected chi connectivity index (χ4v) is 9.00. The van der Waals surface area contributed by atoms with E-state index in [-0.39, 0.29) is 0 Å². The molecular formula is C54H109NO5. The van der Waals surface area contributed by atoms with Crippen LogP contribution >= 0.6 is 0 Å². The summed E-state index contributed by atoms with van der Waals surface area (Å²) in [5.41, 5.74) is 0. The van der Waals surface area contributed by atoms with Crippen molar-refractivity contribution >= 4 is 5.91 Å². The molecule has 0 spiro atoms. The Morgan fingerprint density at radius 1 is 0.350 bits per heavy atom. The molecule has 360 valence electrons. The minimum atomic E-state index is -1.25. The topological polar surface area (TPSA) is 110 Å². The lowest BCUT2D eigenvalue weighted by Gasteiger charge is -2.27. The third-order valence-corrected chi connectivity index (χ3v) is 13.3. The Hall–Kier alpha value is -0.690. The Bertz CT molecular complexity index is 826. The van der Waals surface area contributed by atoms with Crippen LogP contribution in [0, 0.1) is 0 Å². The van der Waals surface area contributed by atoms with E-state index < -0.39 is 36.9 Å². The van der Waals surface area contributed by atoms with Gasteiger partial charge in [-0.05, 0) is 12.8 Å². The molecule has 0 bridgehead atoms. The first-order valence-electron chi connectivity index (χ1n) is 27.4. The highest BCUT2D eigenvalue weighted by Crippen LogP contribution is 2.19. The molecule has 0 aliphatic heterocycles. The molecule has 0 aromatic carbocycles. The van der Waals surface area contributed by atoms with Crippen molar-refractivity contribution < 1.29 is 25.2 Å². The van der Waals surface area contributed by atoms with Crippen molar-refractivity contribution in [3.05, 3.63) is 0 Å². The minimum absolute atomic E-state index is 0.376. The number of aliphatic hydroxyl groups excluding tert-OH is 4. The van der Waals surface area contributed by atoms with Crippen LogP contribution < -0.4 is 5.32 Å². The third-order valence-electron chi connectivity index (χ3n) is 13.3. The number of carbonyl (C=O) groups is 1. The first-order chi connectivity index (χ1) is 29.5. The summed E-state index contributed by atoms with van der Waals surface area (Å²) in [6.45, 7) is 4.10. The summed E-state index contributed by atoms with van der Waals surface area (Å²) < 4.78 is 0. The molecule has 0 aliphatic rings. The molecular weight excluding hydrogens is 743 g/mol. The Morgan fingerprint density at radius 2 is 0.567 bits per heavy atom. The molecule has 0 saturated heterocycles. The molecule has 4 unspecified atom stereocenters. The zero-order valence-electron chi connectivity index (χ0n) is 40.7. The van der Waals surface area contributed by atoms with Gasteiger partial charge < -0.3 is 25.7 Å². The van der Waals surface area contributed by atoms with Crippen molar-refractivity contribution in [1.82, 2.24) is 5.32 Å². The van der Waals surface area contributed by atoms with E-state index in [4.69, 9.17) is 0 Å². The Balaban J connectivity index is 3.60. The predicted molar refractivity (Wildman–Crippen MR) is 261 cm³/mol. The van der Waals surface area contributed by atoms with Crippen LogP contribution in [-0.2, 0) is 4.79 Å². The van der Waals surface area contributed by atoms with Gasteiger partial charge in [0.2, 0.25) is 5.91 Å². The van der Waals surface area contributed by atoms with Crippen molar-refractivity contribution in [2.75, 3.05) is 6.61 Å². The highest BCUT2D eigenvalue weighted by atomic mass is 16.3. The third kappa shape index (κ3) is 42.6. The van der Waals surface area contributed by atoms with E-state index in [1.165, 1.54) is 244 Å². The second kappa shape index (κ2) is 49.3. The molecule has 0 heterocycles. The van der Waals surface area contributed by atoms with E-state index in [0.29, 0.717) is 12.8 Å². The molecule has 6 heteroatoms. The number of hydrogen-bond donors (Lipinski definition) is 5. The molecule has 5 N–H and O–H groups in total. The van der Waals surface area contributed by atoms with Gasteiger partial charge in [0.1, 0.15) is 12.2 Å². The second-order valence-corrected chi connectivity index (χ2v) is 19.3. The van der Waals surface area contributed by atoms with Crippen molar-refractivity contribution in [2.24, 2.45) is 0 Å². The minimum Gasteiger partial charge on any atom is -0.394 e. The van der Waals surface area contributed by atoms with Gasteiger partial charge in [-0.2, -0.15) is 0 Å². The zero-order chi connectivity index (χ0) is 43.8. The fraction of sp³-hybridized carbons (Fsp3) is 0.981. The maximum absolute atomic E-state index is 12.6. The lowest BCUT2D eigenvalue weighted by molar-refractivity contribution is -0.132. The number of carbonyl (C=O) groups excluding carboxylic acids is 1. The molecule has 0 rings (SSSR count). The highest BCUT2D eigenvalue weighted by molar-refractivity contribution is 5.80. The Labute approximate surface area is 375 Å². The van der Waals surface area contributed by atoms with Gasteiger partial charge in [-0.1, -0.05) is 296 Å². The number of amides is 1. The number of nitrogens with one attached hydrogen (secondary N) is 1. The van der Waals surface area contributed by atoms with E-state index in [9.17, 15) is 25.2 Å². The van der Waals surface area contributed by atoms with Crippen LogP contribution in [-0.4, -0.2) is 57.3 Å². The van der Waals surface area contributed by atoms with Gasteiger partial charge in [-0.25, -0.2) is 0 Å². The average Bonchev–Trinajstić information content (AvgIpc) is 3.25. The molecule has 60 heavy (non-hydrogen) atoms. The SMILES string of the molecule is CCCCCCCCCCCCCCCCCCCCCCCCCCC(O)C(O)C(CO)NC(=O)C(O)CCCCCCCCCCCCCCCCCCCCCC. The van der Waals surface area contributed by atoms with E-state index in [1.54, 1.807) is 0 Å². The summed E-state index contributed by atoms with van der Waals surface area (Å²) in [5, 5.41) is 44.0. The summed E-state index contributed by atoms with van der Waals surface area (Å²) in [4.78, 5) is 12.6. The van der Waals surface area contributed by atoms with Crippen LogP contribution in [0.4, 0.5) is 0 Å². The van der Waals surface area contributed by atoms with Crippen LogP contribution in [0.5, 0.6) is 0 Å². The van der Waals surface area contributed by atoms with Crippen LogP contribution in [0.1, 0.15) is 309 Å². The van der Waals surface area contributed by atoms with Crippen LogP contribution in [0.3, 0.4) is 0 Å². The van der Waals surface area contributed by atoms with Gasteiger partial charge in [0, 0.05) is 0 Å². The maximum atomic E-state index is 12.6. The van der Waals surface area contributed by atoms with Crippen molar-refractivity contribution in [2.45, 2.75) is 334 Å². The van der Waals surface area contributed by atoms with Crippen LogP contribution in [0.15, 0.2) is 0 Å². The van der Waals surface area contributed by atoms with Gasteiger partial charge in [-0.15, -0.1) is 0 Å². The average molecular weight is 852 g/mol. The summed E-state index contributed by atoms with van der Waals surface area (Å²) in [5.74, 6) is -0.576. The van der Waals surface area contributed by atoms with Gasteiger partial charge in [0.05, 0.1) is 18.8 Å². The Morgan fingerprint density at radius 3 is 0.800 bits per heavy atom. The molecule has 0 aliphatic carbocycles. The van der Waals surface area contributed by atoms with Gasteiger partial charge in [0.15, 0.2) is 0 Å². The van der Waals surface area contributed by atoms with Crippen molar-refractivity contribution in [1.29, 1.82) is 0 Å². The lowest BCUT2D eigenvalue weighted by atomic mass is 9.99. The molecule has 0 aromatic rings. The molecule has 0 radical (unpaired) electrons. The second-order valence-electron chi connectivity index (χ2n) is 19.3. The van der Waals surface area contributed by atoms with Gasteiger partial charge in [-0.3, -0.25) is 4.79 Å². The summed E-state index contributed by atoms with van der Waals surface area (Å²) in [6, 6.07) is -0.980. The van der Waals surface area contributed by atoms with Crippen LogP contribution in [0.25, 0.3) is 0 Å². The zero-order valence-corrected chi connectivity index (χ0v) is 40.7. The quantitative estimate of drug-likeness (QED) is 0.0392. The summed E-state index contributed by atoms with van der Waals surface area (Å²) in [7, 11) is 0. The number of unbranched alkanes of at least 4 members (excludes halogenated alkanes) is 42. The molecule has 4 atom stereocenters. The molecule has 6 nitrogen and oxygen atoms in total. The standard InChI is InChI=1S/C54H109NO5/c1-3-5-7-9-11-13-15-17-19-21-23-25-26-27-28-30-31-33-35-37-39-41-43-45-47-51(57)53(59)50(49-56)55-54(60)52(58)48-46-44-42-40-38-36-34-32-29-24-22-20-18-16-14-12-10-8-6-4-2/h50-53,56-59H,3-49H2,1-2H3,(H,55,60). The van der Waals surface area contributed by atoms with E-state index >= 15 is 0 Å². The number of rotatable bonds is 51. The van der Waals surface area contributed by atoms with Crippen molar-refractivity contribution in [3.63, 3.8) is 0 Å². The van der Waals surface area contributed by atoms with E-state index in [1.807, 2.05) is 0 Å². The molecule has 0 fully saturated rings. The van der Waals surface area contributed by atoms with Crippen LogP contribution in [0.2, 0.25) is 0 Å². The van der Waals surface area contributed by atoms with E-state index in [2.05, 4.69) is 19.2 Å². The summed E-state index contributed by atoms with van der Waals surface area (Å²) >= 11 is 0. The predicted octanol–water partition coefficient (Wildman–Crippen LogP) is 15.5. The van der Waals surface area contributed by atoms with Gasteiger partial charge >= 0.3 is 0 Å². The maximum Gasteiger partial charge on any atom is 0.249 e. The van der Waals surface area contributed by atoms with Crippen molar-refractivity contribution in [3.8, 4) is 0 Å². The molecule has 0 aromatic heterocycles. The van der Waals surface area contributed by atoms with Gasteiger partial charge in [0.25, 0.3) is 0 Å². The largest absolute Gasteiger partial charge is 0.394 e. The fourth-order valence-electron chi connectivity index (χ4n) is 9.00. The number of aliphatic hydroxyl groups is 4. The smallest absolute Gasteiger partial charge is 0.249 e. The highest BCUT2D eigenvalue weighted by Gasteiger charge is 2.28. The molecule has 0 saturated carbocycles. The number of hydrogen-bond acceptors (Lipinski definition) is 5. The first kappa shape index (κ1) is 59.3.